The van der Waals surface area contributed by atoms with Crippen molar-refractivity contribution in [2.75, 3.05) is 33.8 Å². The minimum atomic E-state index is -0.194. The number of aromatic nitrogens is 1. The minimum Gasteiger partial charge on any atom is -0.491 e. The zero-order chi connectivity index (χ0) is 22.7. The van der Waals surface area contributed by atoms with E-state index >= 15 is 0 Å². The number of morpholine rings is 1. The highest BCUT2D eigenvalue weighted by Crippen LogP contribution is 2.28. The van der Waals surface area contributed by atoms with Crippen molar-refractivity contribution in [2.45, 2.75) is 32.6 Å². The third kappa shape index (κ3) is 4.92. The van der Waals surface area contributed by atoms with Crippen molar-refractivity contribution in [1.82, 2.24) is 14.8 Å². The highest BCUT2D eigenvalue weighted by Gasteiger charge is 2.26. The molecule has 0 saturated carbocycles. The van der Waals surface area contributed by atoms with Gasteiger partial charge in [-0.15, -0.1) is 0 Å². The number of para-hydroxylation sites is 2. The molecule has 1 aromatic heterocycles. The topological polar surface area (TPSA) is 54.9 Å². The molecule has 1 aliphatic heterocycles. The molecule has 0 spiro atoms. The lowest BCUT2D eigenvalue weighted by Crippen LogP contribution is -2.38. The molecule has 1 saturated heterocycles. The molecule has 1 atom stereocenters. The van der Waals surface area contributed by atoms with Gasteiger partial charge < -0.3 is 14.4 Å². The SMILES string of the molecule is CC(C)Oc1ccccc1CN1CCO[C@H](c2cc(C(=O)N(C)C)c3ccccc3n2)C1. The predicted molar refractivity (Wildman–Crippen MR) is 126 cm³/mol. The maximum atomic E-state index is 12.9. The second kappa shape index (κ2) is 9.67. The van der Waals surface area contributed by atoms with Gasteiger partial charge in [0.05, 0.1) is 29.5 Å². The summed E-state index contributed by atoms with van der Waals surface area (Å²) in [6.45, 7) is 7.02. The average Bonchev–Trinajstić information content (AvgIpc) is 2.79. The monoisotopic (exact) mass is 433 g/mol. The van der Waals surface area contributed by atoms with Crippen LogP contribution < -0.4 is 4.74 Å². The second-order valence-corrected chi connectivity index (χ2v) is 8.68. The van der Waals surface area contributed by atoms with E-state index in [4.69, 9.17) is 14.5 Å². The molecular formula is C26H31N3O3. The summed E-state index contributed by atoms with van der Waals surface area (Å²) in [5.74, 6) is 0.894. The van der Waals surface area contributed by atoms with E-state index < -0.39 is 0 Å². The number of carbonyl (C=O) groups excluding carboxylic acids is 1. The zero-order valence-electron chi connectivity index (χ0n) is 19.2. The third-order valence-electron chi connectivity index (χ3n) is 5.58. The minimum absolute atomic E-state index is 0.0303. The Kier molecular flexibility index (Phi) is 6.72. The molecule has 2 aromatic carbocycles. The molecule has 1 fully saturated rings. The summed E-state index contributed by atoms with van der Waals surface area (Å²) in [6, 6.07) is 17.9. The van der Waals surface area contributed by atoms with E-state index in [9.17, 15) is 4.79 Å². The lowest BCUT2D eigenvalue weighted by atomic mass is 10.0. The van der Waals surface area contributed by atoms with Gasteiger partial charge in [0.1, 0.15) is 11.9 Å². The molecule has 2 heterocycles. The number of pyridine rings is 1. The lowest BCUT2D eigenvalue weighted by Gasteiger charge is -2.33. The molecule has 0 unspecified atom stereocenters. The Morgan fingerprint density at radius 1 is 1.19 bits per heavy atom. The molecule has 0 bridgehead atoms. The van der Waals surface area contributed by atoms with Gasteiger partial charge >= 0.3 is 0 Å². The van der Waals surface area contributed by atoms with Crippen LogP contribution in [0.2, 0.25) is 0 Å². The molecule has 32 heavy (non-hydrogen) atoms. The van der Waals surface area contributed by atoms with E-state index in [0.717, 1.165) is 41.0 Å². The summed E-state index contributed by atoms with van der Waals surface area (Å²) in [4.78, 5) is 21.7. The lowest BCUT2D eigenvalue weighted by molar-refractivity contribution is -0.0351. The van der Waals surface area contributed by atoms with Crippen LogP contribution in [0.1, 0.15) is 41.6 Å². The highest BCUT2D eigenvalue weighted by atomic mass is 16.5. The smallest absolute Gasteiger partial charge is 0.254 e. The van der Waals surface area contributed by atoms with Crippen LogP contribution in [-0.4, -0.2) is 60.6 Å². The van der Waals surface area contributed by atoms with Crippen molar-refractivity contribution < 1.29 is 14.3 Å². The predicted octanol–water partition coefficient (Wildman–Crippen LogP) is 4.30. The van der Waals surface area contributed by atoms with Crippen molar-refractivity contribution in [1.29, 1.82) is 0 Å². The Morgan fingerprint density at radius 2 is 1.94 bits per heavy atom. The molecule has 6 nitrogen and oxygen atoms in total. The van der Waals surface area contributed by atoms with Gasteiger partial charge in [-0.2, -0.15) is 0 Å². The van der Waals surface area contributed by atoms with Crippen LogP contribution in [0.25, 0.3) is 10.9 Å². The summed E-state index contributed by atoms with van der Waals surface area (Å²) in [6.07, 6.45) is -0.0664. The largest absolute Gasteiger partial charge is 0.491 e. The van der Waals surface area contributed by atoms with Crippen LogP contribution in [0.4, 0.5) is 0 Å². The molecular weight excluding hydrogens is 402 g/mol. The summed E-state index contributed by atoms with van der Waals surface area (Å²) >= 11 is 0. The average molecular weight is 434 g/mol. The number of rotatable bonds is 6. The van der Waals surface area contributed by atoms with Crippen LogP contribution in [0.3, 0.4) is 0 Å². The van der Waals surface area contributed by atoms with E-state index in [1.54, 1.807) is 19.0 Å². The molecule has 0 N–H and O–H groups in total. The van der Waals surface area contributed by atoms with Crippen LogP contribution in [0.5, 0.6) is 5.75 Å². The van der Waals surface area contributed by atoms with E-state index in [2.05, 4.69) is 11.0 Å². The molecule has 1 aliphatic rings. The van der Waals surface area contributed by atoms with Crippen LogP contribution in [0.15, 0.2) is 54.6 Å². The summed E-state index contributed by atoms with van der Waals surface area (Å²) < 4.78 is 12.1. The molecule has 0 radical (unpaired) electrons. The molecule has 168 valence electrons. The van der Waals surface area contributed by atoms with Crippen molar-refractivity contribution in [3.8, 4) is 5.75 Å². The number of amides is 1. The van der Waals surface area contributed by atoms with Crippen LogP contribution in [0, 0.1) is 0 Å². The molecule has 1 amide bonds. The quantitative estimate of drug-likeness (QED) is 0.580. The maximum Gasteiger partial charge on any atom is 0.254 e. The van der Waals surface area contributed by atoms with Crippen molar-refractivity contribution in [3.63, 3.8) is 0 Å². The number of carbonyl (C=O) groups is 1. The van der Waals surface area contributed by atoms with Gasteiger partial charge in [0.15, 0.2) is 0 Å². The summed E-state index contributed by atoms with van der Waals surface area (Å²) in [7, 11) is 3.54. The second-order valence-electron chi connectivity index (χ2n) is 8.68. The Balaban J connectivity index is 1.60. The third-order valence-corrected chi connectivity index (χ3v) is 5.58. The highest BCUT2D eigenvalue weighted by molar-refractivity contribution is 6.06. The number of fused-ring (bicyclic) bond motifs is 1. The first kappa shape index (κ1) is 22.2. The fraction of sp³-hybridized carbons (Fsp3) is 0.385. The van der Waals surface area contributed by atoms with Gasteiger partial charge in [0, 0.05) is 44.7 Å². The number of ether oxygens (including phenoxy) is 2. The Labute approximate surface area is 189 Å². The molecule has 3 aromatic rings. The van der Waals surface area contributed by atoms with Crippen LogP contribution in [-0.2, 0) is 11.3 Å². The van der Waals surface area contributed by atoms with Gasteiger partial charge in [-0.1, -0.05) is 36.4 Å². The van der Waals surface area contributed by atoms with Crippen molar-refractivity contribution in [3.05, 3.63) is 71.4 Å². The van der Waals surface area contributed by atoms with E-state index in [0.29, 0.717) is 18.7 Å². The number of hydrogen-bond acceptors (Lipinski definition) is 5. The first-order valence-corrected chi connectivity index (χ1v) is 11.1. The van der Waals surface area contributed by atoms with E-state index in [1.165, 1.54) is 0 Å². The van der Waals surface area contributed by atoms with Crippen molar-refractivity contribution in [2.24, 2.45) is 0 Å². The Hall–Kier alpha value is -2.96. The standard InChI is InChI=1S/C26H31N3O3/c1-18(2)32-24-12-8-5-9-19(24)16-29-13-14-31-25(17-29)23-15-21(26(30)28(3)4)20-10-6-7-11-22(20)27-23/h5-12,15,18,25H,13-14,16-17H2,1-4H3/t25-/m0/s1. The van der Waals surface area contributed by atoms with Crippen LogP contribution >= 0.6 is 0 Å². The molecule has 6 heteroatoms. The number of hydrogen-bond donors (Lipinski definition) is 0. The zero-order valence-corrected chi connectivity index (χ0v) is 19.2. The first-order valence-electron chi connectivity index (χ1n) is 11.1. The normalized spacial score (nSPS) is 17.0. The Bertz CT molecular complexity index is 1100. The summed E-state index contributed by atoms with van der Waals surface area (Å²) in [5, 5.41) is 0.863. The van der Waals surface area contributed by atoms with Gasteiger partial charge in [0.25, 0.3) is 5.91 Å². The summed E-state index contributed by atoms with van der Waals surface area (Å²) in [5.41, 5.74) is 3.43. The van der Waals surface area contributed by atoms with Crippen molar-refractivity contribution >= 4 is 16.8 Å². The Morgan fingerprint density at radius 3 is 2.72 bits per heavy atom. The van der Waals surface area contributed by atoms with Gasteiger partial charge in [-0.3, -0.25) is 9.69 Å². The maximum absolute atomic E-state index is 12.9. The van der Waals surface area contributed by atoms with Gasteiger partial charge in [-0.05, 0) is 32.0 Å². The fourth-order valence-corrected chi connectivity index (χ4v) is 4.05. The molecule has 0 aliphatic carbocycles. The number of benzene rings is 2. The number of nitrogens with zero attached hydrogens (tertiary/aromatic N) is 3. The fourth-order valence-electron chi connectivity index (χ4n) is 4.05. The van der Waals surface area contributed by atoms with Gasteiger partial charge in [0.2, 0.25) is 0 Å². The molecule has 4 rings (SSSR count). The van der Waals surface area contributed by atoms with Gasteiger partial charge in [-0.25, -0.2) is 4.98 Å². The first-order chi connectivity index (χ1) is 15.4. The van der Waals surface area contributed by atoms with E-state index in [1.807, 2.05) is 62.4 Å². The van der Waals surface area contributed by atoms with E-state index in [-0.39, 0.29) is 18.1 Å².